The number of fused-ring (bicyclic) bond motifs is 3. The summed E-state index contributed by atoms with van der Waals surface area (Å²) in [4.78, 5) is 23.6. The first-order valence-corrected chi connectivity index (χ1v) is 9.33. The van der Waals surface area contributed by atoms with Gasteiger partial charge in [0.25, 0.3) is 0 Å². The molecule has 146 valence electrons. The Morgan fingerprint density at radius 1 is 1.00 bits per heavy atom. The average Bonchev–Trinajstić information content (AvgIpc) is 2.96. The fourth-order valence-electron chi connectivity index (χ4n) is 3.28. The van der Waals surface area contributed by atoms with Gasteiger partial charge in [-0.05, 0) is 43.0 Å². The predicted molar refractivity (Wildman–Crippen MR) is 108 cm³/mol. The number of alkyl carbamates (subject to hydrolysis) is 1. The highest BCUT2D eigenvalue weighted by Crippen LogP contribution is 2.44. The Morgan fingerprint density at radius 2 is 1.57 bits per heavy atom. The fourth-order valence-corrected chi connectivity index (χ4v) is 3.28. The molecule has 0 atom stereocenters. The van der Waals surface area contributed by atoms with Crippen LogP contribution in [-0.2, 0) is 14.3 Å². The minimum atomic E-state index is -0.540. The van der Waals surface area contributed by atoms with Gasteiger partial charge in [-0.2, -0.15) is 0 Å². The van der Waals surface area contributed by atoms with E-state index >= 15 is 0 Å². The largest absolute Gasteiger partial charge is 0.457 e. The van der Waals surface area contributed by atoms with Crippen LogP contribution in [0.4, 0.5) is 4.79 Å². The van der Waals surface area contributed by atoms with Crippen molar-refractivity contribution in [3.8, 4) is 11.1 Å². The molecule has 0 radical (unpaired) electrons. The van der Waals surface area contributed by atoms with Crippen LogP contribution in [0.1, 0.15) is 37.8 Å². The highest BCUT2D eigenvalue weighted by molar-refractivity contribution is 5.82. The SMILES string of the molecule is CC(C)(C)OC(=O)/C=C/CNC(=O)OCC1c2ccccc2-c2ccccc21. The summed E-state index contributed by atoms with van der Waals surface area (Å²) in [6.45, 7) is 5.85. The van der Waals surface area contributed by atoms with Crippen molar-refractivity contribution in [2.45, 2.75) is 32.3 Å². The number of amides is 1. The van der Waals surface area contributed by atoms with E-state index in [1.54, 1.807) is 20.8 Å². The normalized spacial score (nSPS) is 13.1. The van der Waals surface area contributed by atoms with Crippen LogP contribution in [0.3, 0.4) is 0 Å². The maximum atomic E-state index is 12.0. The second-order valence-corrected chi connectivity index (χ2v) is 7.64. The van der Waals surface area contributed by atoms with Gasteiger partial charge in [0.15, 0.2) is 0 Å². The lowest BCUT2D eigenvalue weighted by molar-refractivity contribution is -0.148. The molecular weight excluding hydrogens is 354 g/mol. The Morgan fingerprint density at radius 3 is 2.14 bits per heavy atom. The molecule has 3 rings (SSSR count). The summed E-state index contributed by atoms with van der Waals surface area (Å²) in [6.07, 6.45) is 2.32. The first kappa shape index (κ1) is 19.7. The molecule has 2 aromatic rings. The van der Waals surface area contributed by atoms with Crippen molar-refractivity contribution in [1.82, 2.24) is 5.32 Å². The van der Waals surface area contributed by atoms with Gasteiger partial charge in [-0.1, -0.05) is 54.6 Å². The van der Waals surface area contributed by atoms with E-state index in [1.165, 1.54) is 34.4 Å². The van der Waals surface area contributed by atoms with Gasteiger partial charge in [0.1, 0.15) is 12.2 Å². The lowest BCUT2D eigenvalue weighted by atomic mass is 9.98. The molecule has 5 heteroatoms. The number of carbonyl (C=O) groups is 2. The van der Waals surface area contributed by atoms with Crippen molar-refractivity contribution in [3.63, 3.8) is 0 Å². The molecule has 0 fully saturated rings. The third-order valence-corrected chi connectivity index (χ3v) is 4.37. The second kappa shape index (κ2) is 8.30. The van der Waals surface area contributed by atoms with Crippen molar-refractivity contribution in [3.05, 3.63) is 71.8 Å². The Labute approximate surface area is 165 Å². The van der Waals surface area contributed by atoms with Gasteiger partial charge in [0, 0.05) is 18.5 Å². The standard InChI is InChI=1S/C23H25NO4/c1-23(2,3)28-21(25)13-8-14-24-22(26)27-15-20-18-11-6-4-9-16(18)17-10-5-7-12-19(17)20/h4-13,20H,14-15H2,1-3H3,(H,24,26)/b13-8+. The third kappa shape index (κ3) is 4.80. The maximum Gasteiger partial charge on any atom is 0.407 e. The van der Waals surface area contributed by atoms with Crippen molar-refractivity contribution in [1.29, 1.82) is 0 Å². The molecule has 0 aliphatic heterocycles. The Balaban J connectivity index is 1.52. The van der Waals surface area contributed by atoms with E-state index < -0.39 is 17.7 Å². The molecule has 0 bridgehead atoms. The van der Waals surface area contributed by atoms with Gasteiger partial charge in [-0.25, -0.2) is 9.59 Å². The van der Waals surface area contributed by atoms with Gasteiger partial charge >= 0.3 is 12.1 Å². The Bertz CT molecular complexity index is 850. The molecule has 1 aliphatic carbocycles. The summed E-state index contributed by atoms with van der Waals surface area (Å²) >= 11 is 0. The molecule has 1 aliphatic rings. The first-order valence-electron chi connectivity index (χ1n) is 9.33. The van der Waals surface area contributed by atoms with E-state index in [-0.39, 0.29) is 19.1 Å². The summed E-state index contributed by atoms with van der Waals surface area (Å²) in [7, 11) is 0. The van der Waals surface area contributed by atoms with Gasteiger partial charge < -0.3 is 14.8 Å². The summed E-state index contributed by atoms with van der Waals surface area (Å²) in [5.41, 5.74) is 4.17. The summed E-state index contributed by atoms with van der Waals surface area (Å²) in [5, 5.41) is 2.62. The minimum absolute atomic E-state index is 0.0236. The monoisotopic (exact) mass is 379 g/mol. The van der Waals surface area contributed by atoms with E-state index in [1.807, 2.05) is 24.3 Å². The molecule has 0 unspecified atom stereocenters. The van der Waals surface area contributed by atoms with Crippen LogP contribution < -0.4 is 5.32 Å². The molecule has 28 heavy (non-hydrogen) atoms. The van der Waals surface area contributed by atoms with Crippen LogP contribution in [0.15, 0.2) is 60.7 Å². The molecule has 0 heterocycles. The Hall–Kier alpha value is -3.08. The number of nitrogens with one attached hydrogen (secondary N) is 1. The van der Waals surface area contributed by atoms with Crippen molar-refractivity contribution >= 4 is 12.1 Å². The molecule has 0 spiro atoms. The third-order valence-electron chi connectivity index (χ3n) is 4.37. The van der Waals surface area contributed by atoms with Gasteiger partial charge in [0.2, 0.25) is 0 Å². The molecule has 1 amide bonds. The lowest BCUT2D eigenvalue weighted by Gasteiger charge is -2.17. The predicted octanol–water partition coefficient (Wildman–Crippen LogP) is 4.42. The molecular formula is C23H25NO4. The van der Waals surface area contributed by atoms with Gasteiger partial charge in [-0.15, -0.1) is 0 Å². The summed E-state index contributed by atoms with van der Waals surface area (Å²) in [5.74, 6) is -0.419. The lowest BCUT2D eigenvalue weighted by Crippen LogP contribution is -2.26. The van der Waals surface area contributed by atoms with E-state index in [2.05, 4.69) is 29.6 Å². The maximum absolute atomic E-state index is 12.0. The number of carbonyl (C=O) groups excluding carboxylic acids is 2. The van der Waals surface area contributed by atoms with Crippen molar-refractivity contribution < 1.29 is 19.1 Å². The quantitative estimate of drug-likeness (QED) is 0.617. The molecule has 0 saturated carbocycles. The van der Waals surface area contributed by atoms with Crippen molar-refractivity contribution in [2.75, 3.05) is 13.2 Å². The first-order chi connectivity index (χ1) is 13.3. The molecule has 0 saturated heterocycles. The smallest absolute Gasteiger partial charge is 0.407 e. The number of benzene rings is 2. The second-order valence-electron chi connectivity index (χ2n) is 7.64. The van der Waals surface area contributed by atoms with Crippen LogP contribution >= 0.6 is 0 Å². The molecule has 0 aromatic heterocycles. The summed E-state index contributed by atoms with van der Waals surface area (Å²) in [6, 6.07) is 16.4. The van der Waals surface area contributed by atoms with E-state index in [0.717, 1.165) is 0 Å². The summed E-state index contributed by atoms with van der Waals surface area (Å²) < 4.78 is 10.6. The van der Waals surface area contributed by atoms with Crippen LogP contribution in [0.5, 0.6) is 0 Å². The topological polar surface area (TPSA) is 64.6 Å². The highest BCUT2D eigenvalue weighted by Gasteiger charge is 2.28. The molecule has 1 N–H and O–H groups in total. The minimum Gasteiger partial charge on any atom is -0.457 e. The number of rotatable bonds is 5. The zero-order valence-electron chi connectivity index (χ0n) is 16.4. The van der Waals surface area contributed by atoms with E-state index in [4.69, 9.17) is 9.47 Å². The average molecular weight is 379 g/mol. The van der Waals surface area contributed by atoms with Crippen molar-refractivity contribution in [2.24, 2.45) is 0 Å². The fraction of sp³-hybridized carbons (Fsp3) is 0.304. The zero-order valence-corrected chi connectivity index (χ0v) is 16.4. The Kier molecular flexibility index (Phi) is 5.83. The van der Waals surface area contributed by atoms with Crippen LogP contribution in [0, 0.1) is 0 Å². The highest BCUT2D eigenvalue weighted by atomic mass is 16.6. The van der Waals surface area contributed by atoms with Crippen LogP contribution in [-0.4, -0.2) is 30.8 Å². The number of hydrogen-bond acceptors (Lipinski definition) is 4. The van der Waals surface area contributed by atoms with E-state index in [0.29, 0.717) is 0 Å². The number of ether oxygens (including phenoxy) is 2. The zero-order chi connectivity index (χ0) is 20.1. The van der Waals surface area contributed by atoms with Crippen LogP contribution in [0.2, 0.25) is 0 Å². The number of hydrogen-bond donors (Lipinski definition) is 1. The van der Waals surface area contributed by atoms with Gasteiger partial charge in [0.05, 0.1) is 0 Å². The molecule has 5 nitrogen and oxygen atoms in total. The van der Waals surface area contributed by atoms with E-state index in [9.17, 15) is 9.59 Å². The number of esters is 1. The van der Waals surface area contributed by atoms with Crippen LogP contribution in [0.25, 0.3) is 11.1 Å². The molecule has 2 aromatic carbocycles. The van der Waals surface area contributed by atoms with Gasteiger partial charge in [-0.3, -0.25) is 0 Å².